The molecule has 1 N–H and O–H groups in total. The van der Waals surface area contributed by atoms with Gasteiger partial charge in [0, 0.05) is 25.1 Å². The molecule has 1 fully saturated rings. The minimum atomic E-state index is -0.499. The number of nitrogens with one attached hydrogen (secondary N) is 1. The first-order chi connectivity index (χ1) is 15.2. The largest absolute Gasteiger partial charge is 0.318 e. The number of nitrogens with zero attached hydrogens (tertiary/aromatic N) is 2. The topological polar surface area (TPSA) is 54.3 Å². The highest BCUT2D eigenvalue weighted by molar-refractivity contribution is 14.1. The fourth-order valence-electron chi connectivity index (χ4n) is 3.76. The van der Waals surface area contributed by atoms with Crippen LogP contribution in [0.15, 0.2) is 58.6 Å². The number of hydrogen-bond acceptors (Lipinski definition) is 3. The summed E-state index contributed by atoms with van der Waals surface area (Å²) in [5, 5.41) is 2.71. The zero-order valence-corrected chi connectivity index (χ0v) is 22.1. The van der Waals surface area contributed by atoms with Crippen LogP contribution in [0.5, 0.6) is 0 Å². The normalized spacial score (nSPS) is 15.5. The Labute approximate surface area is 213 Å². The molecule has 0 radical (unpaired) electrons. The van der Waals surface area contributed by atoms with E-state index in [2.05, 4.69) is 73.5 Å². The number of hydrogen-bond donors (Lipinski definition) is 1. The molecule has 0 spiro atoms. The van der Waals surface area contributed by atoms with Gasteiger partial charge in [0.2, 0.25) is 0 Å². The van der Waals surface area contributed by atoms with Crippen molar-refractivity contribution in [3.8, 4) is 5.69 Å². The summed E-state index contributed by atoms with van der Waals surface area (Å²) in [6.07, 6.45) is 1.64. The average Bonchev–Trinajstić information content (AvgIpc) is 3.00. The lowest BCUT2D eigenvalue weighted by molar-refractivity contribution is -0.122. The summed E-state index contributed by atoms with van der Waals surface area (Å²) < 4.78 is 4.13. The number of aryl methyl sites for hydroxylation is 2. The summed E-state index contributed by atoms with van der Waals surface area (Å²) in [7, 11) is 0. The van der Waals surface area contributed by atoms with Crippen molar-refractivity contribution in [1.29, 1.82) is 0 Å². The van der Waals surface area contributed by atoms with Gasteiger partial charge >= 0.3 is 0 Å². The number of benzene rings is 2. The molecule has 8 heteroatoms. The molecule has 3 aromatic rings. The quantitative estimate of drug-likeness (QED) is 0.180. The van der Waals surface area contributed by atoms with Crippen LogP contribution in [0.4, 0.5) is 5.69 Å². The molecule has 4 rings (SSSR count). The Balaban J connectivity index is 1.77. The van der Waals surface area contributed by atoms with Crippen molar-refractivity contribution in [1.82, 2.24) is 9.88 Å². The van der Waals surface area contributed by atoms with Crippen LogP contribution in [0.3, 0.4) is 0 Å². The van der Waals surface area contributed by atoms with E-state index in [0.717, 1.165) is 27.1 Å². The highest BCUT2D eigenvalue weighted by Crippen LogP contribution is 2.28. The Morgan fingerprint density at radius 1 is 1.03 bits per heavy atom. The molecule has 0 bridgehead atoms. The molecule has 1 aromatic heterocycles. The van der Waals surface area contributed by atoms with Crippen molar-refractivity contribution in [3.63, 3.8) is 0 Å². The van der Waals surface area contributed by atoms with E-state index in [1.165, 1.54) is 14.0 Å². The Hall–Kier alpha value is -2.30. The molecule has 0 saturated carbocycles. The maximum absolute atomic E-state index is 13.3. The molecule has 0 atom stereocenters. The minimum absolute atomic E-state index is 0.0395. The number of rotatable bonds is 3. The molecular weight excluding hydrogens is 601 g/mol. The molecule has 0 aliphatic carbocycles. The number of anilines is 1. The van der Waals surface area contributed by atoms with Gasteiger partial charge in [-0.2, -0.15) is 0 Å². The fraction of sp³-hybridized carbons (Fsp3) is 0.125. The second-order valence-corrected chi connectivity index (χ2v) is 10.00. The summed E-state index contributed by atoms with van der Waals surface area (Å²) in [6, 6.07) is 15.5. The first kappa shape index (κ1) is 22.9. The Morgan fingerprint density at radius 2 is 1.78 bits per heavy atom. The lowest BCUT2D eigenvalue weighted by Gasteiger charge is -2.29. The maximum atomic E-state index is 13.3. The van der Waals surface area contributed by atoms with Crippen molar-refractivity contribution in [3.05, 3.63) is 84.7 Å². The zero-order valence-electron chi connectivity index (χ0n) is 17.6. The minimum Gasteiger partial charge on any atom is -0.318 e. The van der Waals surface area contributed by atoms with Gasteiger partial charge in [-0.15, -0.1) is 0 Å². The Bertz CT molecular complexity index is 1330. The van der Waals surface area contributed by atoms with E-state index in [4.69, 9.17) is 12.2 Å². The Morgan fingerprint density at radius 3 is 2.47 bits per heavy atom. The van der Waals surface area contributed by atoms with Crippen molar-refractivity contribution in [2.45, 2.75) is 20.8 Å². The highest BCUT2D eigenvalue weighted by Gasteiger charge is 2.34. The lowest BCUT2D eigenvalue weighted by Crippen LogP contribution is -2.54. The van der Waals surface area contributed by atoms with Gasteiger partial charge in [0.05, 0.1) is 5.69 Å². The highest BCUT2D eigenvalue weighted by atomic mass is 127. The summed E-state index contributed by atoms with van der Waals surface area (Å²) in [5.74, 6) is -0.951. The molecule has 0 unspecified atom stereocenters. The average molecular weight is 620 g/mol. The van der Waals surface area contributed by atoms with Gasteiger partial charge in [-0.3, -0.25) is 19.8 Å². The van der Waals surface area contributed by atoms with Crippen LogP contribution in [-0.4, -0.2) is 21.5 Å². The van der Waals surface area contributed by atoms with Crippen molar-refractivity contribution < 1.29 is 9.59 Å². The molecule has 2 aromatic carbocycles. The van der Waals surface area contributed by atoms with Gasteiger partial charge in [-0.1, -0.05) is 22.0 Å². The lowest BCUT2D eigenvalue weighted by atomic mass is 10.1. The van der Waals surface area contributed by atoms with Gasteiger partial charge in [-0.05, 0) is 115 Å². The second kappa shape index (κ2) is 8.92. The number of carbonyl (C=O) groups is 2. The maximum Gasteiger partial charge on any atom is 0.270 e. The summed E-state index contributed by atoms with van der Waals surface area (Å²) in [4.78, 5) is 27.3. The van der Waals surface area contributed by atoms with Crippen LogP contribution >= 0.6 is 50.7 Å². The van der Waals surface area contributed by atoms with Gasteiger partial charge in [0.15, 0.2) is 5.11 Å². The van der Waals surface area contributed by atoms with E-state index in [9.17, 15) is 9.59 Å². The van der Waals surface area contributed by atoms with Crippen LogP contribution in [0.2, 0.25) is 0 Å². The van der Waals surface area contributed by atoms with Gasteiger partial charge in [0.25, 0.3) is 11.8 Å². The number of halogens is 2. The summed E-state index contributed by atoms with van der Waals surface area (Å²) in [6.45, 7) is 6.06. The number of aromatic nitrogens is 1. The third kappa shape index (κ3) is 4.18. The summed E-state index contributed by atoms with van der Waals surface area (Å²) >= 11 is 11.0. The van der Waals surface area contributed by atoms with E-state index in [0.29, 0.717) is 5.69 Å². The zero-order chi connectivity index (χ0) is 23.2. The van der Waals surface area contributed by atoms with Gasteiger partial charge < -0.3 is 4.57 Å². The van der Waals surface area contributed by atoms with E-state index in [-0.39, 0.29) is 10.7 Å². The molecule has 1 aliphatic rings. The first-order valence-corrected chi connectivity index (χ1v) is 12.1. The van der Waals surface area contributed by atoms with Crippen LogP contribution in [0.1, 0.15) is 22.5 Å². The van der Waals surface area contributed by atoms with Gasteiger partial charge in [-0.25, -0.2) is 0 Å². The molecule has 2 heterocycles. The third-order valence-electron chi connectivity index (χ3n) is 5.34. The van der Waals surface area contributed by atoms with Crippen LogP contribution in [0, 0.1) is 24.3 Å². The standard InChI is InChI=1S/C24H19BrIN3O2S/c1-13-9-19(7-8-21(13)26)28-14(2)10-16(15(28)3)11-20-22(30)27-24(32)29(23(20)31)18-6-4-5-17(25)12-18/h4-12H,1-3H3,(H,27,30,32)/b20-11-. The van der Waals surface area contributed by atoms with Crippen molar-refractivity contribution in [2.24, 2.45) is 0 Å². The first-order valence-electron chi connectivity index (χ1n) is 9.80. The molecule has 5 nitrogen and oxygen atoms in total. The van der Waals surface area contributed by atoms with Gasteiger partial charge in [0.1, 0.15) is 5.57 Å². The molecule has 2 amide bonds. The predicted octanol–water partition coefficient (Wildman–Crippen LogP) is 5.60. The number of thiocarbonyl (C=S) groups is 1. The Kier molecular flexibility index (Phi) is 6.37. The molecular formula is C24H19BrIN3O2S. The second-order valence-electron chi connectivity index (χ2n) is 7.53. The van der Waals surface area contributed by atoms with Crippen LogP contribution < -0.4 is 10.2 Å². The van der Waals surface area contributed by atoms with Crippen molar-refractivity contribution in [2.75, 3.05) is 4.90 Å². The number of carbonyl (C=O) groups excluding carboxylic acids is 2. The van der Waals surface area contributed by atoms with Crippen LogP contribution in [-0.2, 0) is 9.59 Å². The van der Waals surface area contributed by atoms with E-state index >= 15 is 0 Å². The SMILES string of the molecule is Cc1cc(-n2c(C)cc(/C=C3/C(=O)NC(=S)N(c4cccc(Br)c4)C3=O)c2C)ccc1I. The third-order valence-corrected chi connectivity index (χ3v) is 7.33. The predicted molar refractivity (Wildman–Crippen MR) is 143 cm³/mol. The van der Waals surface area contributed by atoms with E-state index in [1.807, 2.05) is 32.0 Å². The smallest absolute Gasteiger partial charge is 0.270 e. The van der Waals surface area contributed by atoms with E-state index < -0.39 is 11.8 Å². The van der Waals surface area contributed by atoms with Crippen LogP contribution in [0.25, 0.3) is 11.8 Å². The fourth-order valence-corrected chi connectivity index (χ4v) is 4.77. The molecule has 32 heavy (non-hydrogen) atoms. The van der Waals surface area contributed by atoms with E-state index in [1.54, 1.807) is 18.2 Å². The number of amides is 2. The monoisotopic (exact) mass is 619 g/mol. The molecule has 1 saturated heterocycles. The molecule has 1 aliphatic heterocycles. The van der Waals surface area contributed by atoms with Crippen molar-refractivity contribution >= 4 is 79.4 Å². The summed E-state index contributed by atoms with van der Waals surface area (Å²) in [5.41, 5.74) is 5.61. The molecule has 162 valence electrons.